The molecule has 1 atom stereocenters. The fraction of sp³-hybridized carbons (Fsp3) is 0.286. The lowest BCUT2D eigenvalue weighted by Crippen LogP contribution is -2.17. The third-order valence-corrected chi connectivity index (χ3v) is 3.50. The molecule has 0 aliphatic rings. The summed E-state index contributed by atoms with van der Waals surface area (Å²) in [6.45, 7) is 2.17. The zero-order chi connectivity index (χ0) is 13.0. The van der Waals surface area contributed by atoms with Crippen molar-refractivity contribution >= 4 is 22.7 Å². The molecule has 18 heavy (non-hydrogen) atoms. The van der Waals surface area contributed by atoms with Crippen molar-refractivity contribution in [1.29, 1.82) is 0 Å². The number of methoxy groups -OCH3 is 1. The fourth-order valence-corrected chi connectivity index (χ4v) is 2.58. The maximum absolute atomic E-state index is 5.79. The van der Waals surface area contributed by atoms with Crippen LogP contribution < -0.4 is 15.8 Å². The van der Waals surface area contributed by atoms with Crippen molar-refractivity contribution in [3.05, 3.63) is 40.6 Å². The number of nitrogens with one attached hydrogen (secondary N) is 1. The summed E-state index contributed by atoms with van der Waals surface area (Å²) in [6.07, 6.45) is 1.01. The second-order valence-corrected chi connectivity index (χ2v) is 5.12. The summed E-state index contributed by atoms with van der Waals surface area (Å²) < 4.78 is 5.21. The molecule has 1 aromatic heterocycles. The average molecular weight is 262 g/mol. The predicted molar refractivity (Wildman–Crippen MR) is 78.5 cm³/mol. The zero-order valence-corrected chi connectivity index (χ0v) is 11.5. The number of nitrogens with two attached hydrogens (primary N) is 1. The van der Waals surface area contributed by atoms with Gasteiger partial charge in [-0.1, -0.05) is 0 Å². The molecule has 1 aromatic carbocycles. The molecule has 0 spiro atoms. The Labute approximate surface area is 112 Å². The normalized spacial score (nSPS) is 12.1. The van der Waals surface area contributed by atoms with Gasteiger partial charge < -0.3 is 15.8 Å². The molecule has 0 amide bonds. The molecule has 2 aromatic rings. The Morgan fingerprint density at radius 2 is 2.22 bits per heavy atom. The highest BCUT2D eigenvalue weighted by Crippen LogP contribution is 2.25. The van der Waals surface area contributed by atoms with Crippen molar-refractivity contribution in [1.82, 2.24) is 0 Å². The number of nitrogen functional groups attached to an aromatic ring is 1. The van der Waals surface area contributed by atoms with Crippen LogP contribution in [-0.2, 0) is 6.42 Å². The van der Waals surface area contributed by atoms with Gasteiger partial charge in [-0.05, 0) is 47.9 Å². The maximum Gasteiger partial charge on any atom is 0.143 e. The van der Waals surface area contributed by atoms with Crippen molar-refractivity contribution < 1.29 is 4.74 Å². The molecular formula is C14H18N2OS. The van der Waals surface area contributed by atoms with Gasteiger partial charge in [0.2, 0.25) is 0 Å². The lowest BCUT2D eigenvalue weighted by atomic mass is 10.1. The van der Waals surface area contributed by atoms with Crippen LogP contribution in [0.2, 0.25) is 0 Å². The zero-order valence-electron chi connectivity index (χ0n) is 10.6. The molecule has 4 heteroatoms. The van der Waals surface area contributed by atoms with Gasteiger partial charge in [0, 0.05) is 17.8 Å². The maximum atomic E-state index is 5.79. The smallest absolute Gasteiger partial charge is 0.143 e. The molecule has 0 radical (unpaired) electrons. The van der Waals surface area contributed by atoms with Crippen LogP contribution in [-0.4, -0.2) is 13.2 Å². The molecule has 0 aliphatic heterocycles. The largest absolute Gasteiger partial charge is 0.495 e. The van der Waals surface area contributed by atoms with Crippen molar-refractivity contribution in [2.75, 3.05) is 18.2 Å². The van der Waals surface area contributed by atoms with Gasteiger partial charge in [0.05, 0.1) is 12.8 Å². The molecule has 0 aliphatic carbocycles. The van der Waals surface area contributed by atoms with Crippen molar-refractivity contribution in [2.24, 2.45) is 0 Å². The van der Waals surface area contributed by atoms with Gasteiger partial charge in [0.25, 0.3) is 0 Å². The Kier molecular flexibility index (Phi) is 4.10. The second kappa shape index (κ2) is 5.78. The first kappa shape index (κ1) is 12.8. The minimum Gasteiger partial charge on any atom is -0.495 e. The molecule has 0 fully saturated rings. The van der Waals surface area contributed by atoms with E-state index in [0.717, 1.165) is 12.1 Å². The quantitative estimate of drug-likeness (QED) is 0.812. The van der Waals surface area contributed by atoms with Gasteiger partial charge in [0.15, 0.2) is 0 Å². The second-order valence-electron chi connectivity index (χ2n) is 4.34. The van der Waals surface area contributed by atoms with Crippen LogP contribution in [0.5, 0.6) is 5.75 Å². The third kappa shape index (κ3) is 3.17. The van der Waals surface area contributed by atoms with Crippen LogP contribution >= 0.6 is 11.3 Å². The van der Waals surface area contributed by atoms with Gasteiger partial charge in [-0.15, -0.1) is 0 Å². The number of anilines is 2. The van der Waals surface area contributed by atoms with Crippen LogP contribution in [0.3, 0.4) is 0 Å². The standard InChI is InChI=1S/C14H18N2OS/c1-10(7-11-5-6-18-9-11)16-12-3-4-13(15)14(8-12)17-2/h3-6,8-10,16H,7,15H2,1-2H3. The summed E-state index contributed by atoms with van der Waals surface area (Å²) in [6, 6.07) is 8.29. The van der Waals surface area contributed by atoms with E-state index in [1.54, 1.807) is 18.4 Å². The molecule has 1 unspecified atom stereocenters. The number of hydrogen-bond acceptors (Lipinski definition) is 4. The molecule has 0 saturated carbocycles. The van der Waals surface area contributed by atoms with Gasteiger partial charge in [0.1, 0.15) is 5.75 Å². The Morgan fingerprint density at radius 1 is 1.39 bits per heavy atom. The van der Waals surface area contributed by atoms with E-state index < -0.39 is 0 Å². The van der Waals surface area contributed by atoms with E-state index in [1.165, 1.54) is 5.56 Å². The van der Waals surface area contributed by atoms with Crippen molar-refractivity contribution in [3.8, 4) is 5.75 Å². The number of hydrogen-bond donors (Lipinski definition) is 2. The predicted octanol–water partition coefficient (Wildman–Crippen LogP) is 3.38. The highest BCUT2D eigenvalue weighted by Gasteiger charge is 2.06. The van der Waals surface area contributed by atoms with Crippen molar-refractivity contribution in [2.45, 2.75) is 19.4 Å². The summed E-state index contributed by atoms with van der Waals surface area (Å²) >= 11 is 1.73. The molecule has 1 heterocycles. The molecule has 0 bridgehead atoms. The Balaban J connectivity index is 2.00. The van der Waals surface area contributed by atoms with Gasteiger partial charge in [-0.25, -0.2) is 0 Å². The molecule has 3 N–H and O–H groups in total. The van der Waals surface area contributed by atoms with Gasteiger partial charge in [-0.2, -0.15) is 11.3 Å². The summed E-state index contributed by atoms with van der Waals surface area (Å²) in [5, 5.41) is 7.74. The Bertz CT molecular complexity index is 497. The number of thiophene rings is 1. The van der Waals surface area contributed by atoms with Gasteiger partial charge in [-0.3, -0.25) is 0 Å². The number of ether oxygens (including phenoxy) is 1. The van der Waals surface area contributed by atoms with Crippen LogP contribution in [0.4, 0.5) is 11.4 Å². The SMILES string of the molecule is COc1cc(NC(C)Cc2ccsc2)ccc1N. The average Bonchev–Trinajstić information content (AvgIpc) is 2.84. The highest BCUT2D eigenvalue weighted by molar-refractivity contribution is 7.07. The minimum atomic E-state index is 0.368. The van der Waals surface area contributed by atoms with E-state index >= 15 is 0 Å². The lowest BCUT2D eigenvalue weighted by Gasteiger charge is -2.16. The van der Waals surface area contributed by atoms with E-state index in [-0.39, 0.29) is 0 Å². The summed E-state index contributed by atoms with van der Waals surface area (Å²) in [5.74, 6) is 0.711. The van der Waals surface area contributed by atoms with E-state index in [9.17, 15) is 0 Å². The first-order valence-electron chi connectivity index (χ1n) is 5.90. The minimum absolute atomic E-state index is 0.368. The third-order valence-electron chi connectivity index (χ3n) is 2.77. The van der Waals surface area contributed by atoms with E-state index in [0.29, 0.717) is 17.5 Å². The monoisotopic (exact) mass is 262 g/mol. The van der Waals surface area contributed by atoms with Crippen LogP contribution in [0.1, 0.15) is 12.5 Å². The Hall–Kier alpha value is -1.68. The van der Waals surface area contributed by atoms with E-state index in [1.807, 2.05) is 18.2 Å². The first-order valence-corrected chi connectivity index (χ1v) is 6.84. The van der Waals surface area contributed by atoms with Crippen LogP contribution in [0.25, 0.3) is 0 Å². The number of benzene rings is 1. The van der Waals surface area contributed by atoms with Crippen LogP contribution in [0.15, 0.2) is 35.0 Å². The molecule has 2 rings (SSSR count). The summed E-state index contributed by atoms with van der Waals surface area (Å²) in [4.78, 5) is 0. The molecule has 3 nitrogen and oxygen atoms in total. The Morgan fingerprint density at radius 3 is 2.89 bits per heavy atom. The fourth-order valence-electron chi connectivity index (χ4n) is 1.90. The van der Waals surface area contributed by atoms with Gasteiger partial charge >= 0.3 is 0 Å². The first-order chi connectivity index (χ1) is 8.69. The summed E-state index contributed by atoms with van der Waals surface area (Å²) in [7, 11) is 1.63. The molecular weight excluding hydrogens is 244 g/mol. The topological polar surface area (TPSA) is 47.3 Å². The lowest BCUT2D eigenvalue weighted by molar-refractivity contribution is 0.417. The summed E-state index contributed by atoms with van der Waals surface area (Å²) in [5.41, 5.74) is 8.84. The molecule has 96 valence electrons. The number of rotatable bonds is 5. The van der Waals surface area contributed by atoms with Crippen LogP contribution in [0, 0.1) is 0 Å². The van der Waals surface area contributed by atoms with Crippen molar-refractivity contribution in [3.63, 3.8) is 0 Å². The molecule has 0 saturated heterocycles. The van der Waals surface area contributed by atoms with E-state index in [2.05, 4.69) is 29.1 Å². The highest BCUT2D eigenvalue weighted by atomic mass is 32.1. The van der Waals surface area contributed by atoms with E-state index in [4.69, 9.17) is 10.5 Å².